The van der Waals surface area contributed by atoms with E-state index in [1.807, 2.05) is 31.2 Å². The molecule has 0 atom stereocenters. The number of hydrogen-bond acceptors (Lipinski definition) is 7. The van der Waals surface area contributed by atoms with E-state index in [0.29, 0.717) is 17.4 Å². The summed E-state index contributed by atoms with van der Waals surface area (Å²) in [6.45, 7) is 4.28. The van der Waals surface area contributed by atoms with Crippen molar-refractivity contribution < 1.29 is 9.90 Å². The van der Waals surface area contributed by atoms with E-state index in [2.05, 4.69) is 32.7 Å². The molecule has 1 aliphatic heterocycles. The molecule has 1 aliphatic rings. The van der Waals surface area contributed by atoms with Gasteiger partial charge in [0.25, 0.3) is 5.91 Å². The quantitative estimate of drug-likeness (QED) is 0.412. The zero-order valence-electron chi connectivity index (χ0n) is 18.8. The fourth-order valence-electron chi connectivity index (χ4n) is 4.03. The highest BCUT2D eigenvalue weighted by Gasteiger charge is 2.18. The van der Waals surface area contributed by atoms with Crippen LogP contribution in [0.3, 0.4) is 0 Å². The van der Waals surface area contributed by atoms with Crippen molar-refractivity contribution in [1.82, 2.24) is 15.3 Å². The molecule has 8 nitrogen and oxygen atoms in total. The number of nitrogens with zero attached hydrogens (tertiary/aromatic N) is 3. The molecule has 1 aromatic heterocycles. The SMILES string of the molecule is Cc1cnc(Nc2ccc(N3CCC(CO)CC3)cc2)nc1-c1ccc(C(=O)NCN)cc1. The summed E-state index contributed by atoms with van der Waals surface area (Å²) in [7, 11) is 0. The fraction of sp³-hybridized carbons (Fsp3) is 0.320. The molecule has 33 heavy (non-hydrogen) atoms. The highest BCUT2D eigenvalue weighted by atomic mass is 16.3. The Labute approximate surface area is 193 Å². The number of carbonyl (C=O) groups is 1. The zero-order chi connectivity index (χ0) is 23.2. The predicted molar refractivity (Wildman–Crippen MR) is 130 cm³/mol. The molecule has 0 bridgehead atoms. The number of carbonyl (C=O) groups excluding carboxylic acids is 1. The predicted octanol–water partition coefficient (Wildman–Crippen LogP) is 3.05. The van der Waals surface area contributed by atoms with Gasteiger partial charge in [-0.25, -0.2) is 9.97 Å². The molecule has 1 fully saturated rings. The number of piperidine rings is 1. The first-order chi connectivity index (χ1) is 16.1. The minimum Gasteiger partial charge on any atom is -0.396 e. The van der Waals surface area contributed by atoms with Gasteiger partial charge < -0.3 is 26.4 Å². The van der Waals surface area contributed by atoms with Gasteiger partial charge in [-0.05, 0) is 67.6 Å². The summed E-state index contributed by atoms with van der Waals surface area (Å²) in [6.07, 6.45) is 3.84. The molecule has 8 heteroatoms. The summed E-state index contributed by atoms with van der Waals surface area (Å²) in [5.41, 5.74) is 10.7. The second-order valence-electron chi connectivity index (χ2n) is 8.30. The first-order valence-electron chi connectivity index (χ1n) is 11.2. The van der Waals surface area contributed by atoms with Gasteiger partial charge in [0.05, 0.1) is 12.4 Å². The van der Waals surface area contributed by atoms with Gasteiger partial charge in [-0.1, -0.05) is 12.1 Å². The molecule has 1 saturated heterocycles. The van der Waals surface area contributed by atoms with E-state index in [1.165, 1.54) is 5.69 Å². The van der Waals surface area contributed by atoms with Gasteiger partial charge >= 0.3 is 0 Å². The molecule has 0 spiro atoms. The molecule has 2 heterocycles. The topological polar surface area (TPSA) is 116 Å². The van der Waals surface area contributed by atoms with Crippen LogP contribution >= 0.6 is 0 Å². The van der Waals surface area contributed by atoms with Gasteiger partial charge in [0.2, 0.25) is 5.95 Å². The summed E-state index contributed by atoms with van der Waals surface area (Å²) in [4.78, 5) is 23.4. The summed E-state index contributed by atoms with van der Waals surface area (Å²) in [5, 5.41) is 15.2. The van der Waals surface area contributed by atoms with Gasteiger partial charge in [0.1, 0.15) is 0 Å². The average Bonchev–Trinajstić information content (AvgIpc) is 2.86. The highest BCUT2D eigenvalue weighted by Crippen LogP contribution is 2.26. The number of benzene rings is 2. The lowest BCUT2D eigenvalue weighted by atomic mass is 9.97. The van der Waals surface area contributed by atoms with Crippen molar-refractivity contribution in [2.75, 3.05) is 36.6 Å². The average molecular weight is 447 g/mol. The maximum Gasteiger partial charge on any atom is 0.252 e. The molecule has 2 aromatic carbocycles. The number of hydrogen-bond donors (Lipinski definition) is 4. The minimum absolute atomic E-state index is 0.101. The van der Waals surface area contributed by atoms with E-state index < -0.39 is 0 Å². The number of aliphatic hydroxyl groups excluding tert-OH is 1. The molecule has 0 radical (unpaired) electrons. The zero-order valence-corrected chi connectivity index (χ0v) is 18.8. The fourth-order valence-corrected chi connectivity index (χ4v) is 4.03. The Morgan fingerprint density at radius 1 is 1.12 bits per heavy atom. The maximum atomic E-state index is 11.9. The van der Waals surface area contributed by atoms with Crippen molar-refractivity contribution in [2.24, 2.45) is 11.7 Å². The second-order valence-corrected chi connectivity index (χ2v) is 8.30. The van der Waals surface area contributed by atoms with Gasteiger partial charge in [-0.2, -0.15) is 0 Å². The summed E-state index contributed by atoms with van der Waals surface area (Å²) in [6, 6.07) is 15.5. The van der Waals surface area contributed by atoms with E-state index >= 15 is 0 Å². The Kier molecular flexibility index (Phi) is 7.16. The van der Waals surface area contributed by atoms with Crippen LogP contribution in [0.25, 0.3) is 11.3 Å². The molecule has 172 valence electrons. The Hall–Kier alpha value is -3.49. The third-order valence-corrected chi connectivity index (χ3v) is 6.02. The molecule has 5 N–H and O–H groups in total. The van der Waals surface area contributed by atoms with Crippen LogP contribution in [0.15, 0.2) is 54.7 Å². The van der Waals surface area contributed by atoms with E-state index in [1.54, 1.807) is 18.3 Å². The standard InChI is InChI=1S/C25H30N6O2/c1-17-14-27-25(30-23(17)19-2-4-20(5-3-19)24(33)28-16-26)29-21-6-8-22(9-7-21)31-12-10-18(15-32)11-13-31/h2-9,14,18,32H,10-13,15-16,26H2,1H3,(H,28,33)(H,27,29,30). The third kappa shape index (κ3) is 5.47. The number of aryl methyl sites for hydroxylation is 1. The molecule has 0 unspecified atom stereocenters. The molecular formula is C25H30N6O2. The number of aromatic nitrogens is 2. The lowest BCUT2D eigenvalue weighted by Gasteiger charge is -2.32. The number of nitrogens with two attached hydrogens (primary N) is 1. The van der Waals surface area contributed by atoms with Crippen LogP contribution in [0, 0.1) is 12.8 Å². The van der Waals surface area contributed by atoms with Crippen LogP contribution in [-0.2, 0) is 0 Å². The largest absolute Gasteiger partial charge is 0.396 e. The number of amides is 1. The monoisotopic (exact) mass is 446 g/mol. The Balaban J connectivity index is 1.45. The first-order valence-corrected chi connectivity index (χ1v) is 11.2. The van der Waals surface area contributed by atoms with Gasteiger partial charge in [-0.3, -0.25) is 4.79 Å². The van der Waals surface area contributed by atoms with Crippen LogP contribution in [0.4, 0.5) is 17.3 Å². The Morgan fingerprint density at radius 2 is 1.82 bits per heavy atom. The van der Waals surface area contributed by atoms with Crippen LogP contribution in [-0.4, -0.2) is 47.3 Å². The Bertz CT molecular complexity index is 1080. The summed E-state index contributed by atoms with van der Waals surface area (Å²) >= 11 is 0. The van der Waals surface area contributed by atoms with E-state index in [9.17, 15) is 9.90 Å². The van der Waals surface area contributed by atoms with Crippen LogP contribution in [0.2, 0.25) is 0 Å². The lowest BCUT2D eigenvalue weighted by Crippen LogP contribution is -2.34. The van der Waals surface area contributed by atoms with Crippen molar-refractivity contribution in [3.63, 3.8) is 0 Å². The van der Waals surface area contributed by atoms with Gasteiger partial charge in [0, 0.05) is 48.4 Å². The molecule has 1 amide bonds. The third-order valence-electron chi connectivity index (χ3n) is 6.02. The Morgan fingerprint density at radius 3 is 2.45 bits per heavy atom. The smallest absolute Gasteiger partial charge is 0.252 e. The minimum atomic E-state index is -0.202. The van der Waals surface area contributed by atoms with E-state index in [-0.39, 0.29) is 19.2 Å². The normalized spacial score (nSPS) is 14.2. The van der Waals surface area contributed by atoms with Gasteiger partial charge in [-0.15, -0.1) is 0 Å². The molecule has 4 rings (SSSR count). The molecule has 0 aliphatic carbocycles. The molecular weight excluding hydrogens is 416 g/mol. The van der Waals surface area contributed by atoms with Crippen LogP contribution in [0.5, 0.6) is 0 Å². The number of anilines is 3. The van der Waals surface area contributed by atoms with E-state index in [0.717, 1.165) is 48.4 Å². The first kappa shape index (κ1) is 22.7. The summed E-state index contributed by atoms with van der Waals surface area (Å²) in [5.74, 6) is 0.735. The lowest BCUT2D eigenvalue weighted by molar-refractivity contribution is 0.0955. The number of nitrogens with one attached hydrogen (secondary N) is 2. The molecule has 3 aromatic rings. The number of rotatable bonds is 7. The van der Waals surface area contributed by atoms with Crippen molar-refractivity contribution >= 4 is 23.2 Å². The number of aliphatic hydroxyl groups is 1. The molecule has 0 saturated carbocycles. The van der Waals surface area contributed by atoms with Crippen molar-refractivity contribution in [1.29, 1.82) is 0 Å². The van der Waals surface area contributed by atoms with Crippen molar-refractivity contribution in [2.45, 2.75) is 19.8 Å². The summed E-state index contributed by atoms with van der Waals surface area (Å²) < 4.78 is 0. The van der Waals surface area contributed by atoms with E-state index in [4.69, 9.17) is 10.7 Å². The maximum absolute atomic E-state index is 11.9. The van der Waals surface area contributed by atoms with Crippen molar-refractivity contribution in [3.05, 3.63) is 65.9 Å². The highest BCUT2D eigenvalue weighted by molar-refractivity contribution is 5.94. The van der Waals surface area contributed by atoms with Crippen LogP contribution in [0.1, 0.15) is 28.8 Å². The van der Waals surface area contributed by atoms with Crippen molar-refractivity contribution in [3.8, 4) is 11.3 Å². The second kappa shape index (κ2) is 10.4. The van der Waals surface area contributed by atoms with Gasteiger partial charge in [0.15, 0.2) is 0 Å². The van der Waals surface area contributed by atoms with Crippen LogP contribution < -0.4 is 21.3 Å².